The summed E-state index contributed by atoms with van der Waals surface area (Å²) in [5.74, 6) is -1.26. The summed E-state index contributed by atoms with van der Waals surface area (Å²) in [4.78, 5) is 0. The minimum atomic E-state index is -0.964. The summed E-state index contributed by atoms with van der Waals surface area (Å²) in [6.45, 7) is 2.55. The lowest BCUT2D eigenvalue weighted by Gasteiger charge is -2.10. The van der Waals surface area contributed by atoms with Gasteiger partial charge in [-0.25, -0.2) is 4.39 Å². The van der Waals surface area contributed by atoms with Crippen molar-refractivity contribution in [2.75, 3.05) is 18.5 Å². The first-order valence-electron chi connectivity index (χ1n) is 6.57. The monoisotopic (exact) mass is 356 g/mol. The number of rotatable bonds is 6. The smallest absolute Gasteiger partial charge is 0.201 e. The van der Waals surface area contributed by atoms with Crippen molar-refractivity contribution < 1.29 is 18.3 Å². The number of hydrogen-bond donors (Lipinski definition) is 0. The van der Waals surface area contributed by atoms with Gasteiger partial charge in [-0.1, -0.05) is 28.1 Å². The van der Waals surface area contributed by atoms with Crippen molar-refractivity contribution in [3.8, 4) is 22.6 Å². The molecule has 0 aliphatic carbocycles. The summed E-state index contributed by atoms with van der Waals surface area (Å²) in [5.41, 5.74) is 0.781. The van der Waals surface area contributed by atoms with Crippen LogP contribution in [0.4, 0.5) is 8.78 Å². The number of benzene rings is 2. The average Bonchev–Trinajstić information content (AvgIpc) is 2.51. The maximum atomic E-state index is 14.1. The molecule has 0 saturated carbocycles. The van der Waals surface area contributed by atoms with E-state index in [0.717, 1.165) is 5.33 Å². The molecule has 2 nitrogen and oxygen atoms in total. The van der Waals surface area contributed by atoms with E-state index in [-0.39, 0.29) is 17.9 Å². The molecular formula is C16H15BrF2O2. The van der Waals surface area contributed by atoms with E-state index in [2.05, 4.69) is 15.9 Å². The first kappa shape index (κ1) is 15.8. The first-order valence-corrected chi connectivity index (χ1v) is 7.69. The summed E-state index contributed by atoms with van der Waals surface area (Å²) < 4.78 is 38.4. The molecule has 112 valence electrons. The van der Waals surface area contributed by atoms with Crippen LogP contribution in [0.5, 0.6) is 11.5 Å². The van der Waals surface area contributed by atoms with Gasteiger partial charge >= 0.3 is 0 Å². The maximum Gasteiger partial charge on any atom is 0.201 e. The highest BCUT2D eigenvalue weighted by Gasteiger charge is 2.15. The van der Waals surface area contributed by atoms with Gasteiger partial charge in [0.2, 0.25) is 5.82 Å². The standard InChI is InChI=1S/C16H15BrF2O2/c1-2-20-14-8-7-13(15(18)16(14)19)11-3-5-12(6-4-11)21-10-9-17/h3-8H,2,9-10H2,1H3. The Kier molecular flexibility index (Phi) is 5.56. The van der Waals surface area contributed by atoms with Gasteiger partial charge in [0.15, 0.2) is 11.6 Å². The Labute approximate surface area is 130 Å². The number of alkyl halides is 1. The van der Waals surface area contributed by atoms with Crippen LogP contribution in [-0.4, -0.2) is 18.5 Å². The zero-order valence-corrected chi connectivity index (χ0v) is 13.1. The van der Waals surface area contributed by atoms with Crippen LogP contribution in [0.25, 0.3) is 11.1 Å². The average molecular weight is 357 g/mol. The summed E-state index contributed by atoms with van der Waals surface area (Å²) in [5, 5.41) is 0.730. The van der Waals surface area contributed by atoms with Gasteiger partial charge in [0.25, 0.3) is 0 Å². The van der Waals surface area contributed by atoms with Crippen LogP contribution < -0.4 is 9.47 Å². The SMILES string of the molecule is CCOc1ccc(-c2ccc(OCCBr)cc2)c(F)c1F. The van der Waals surface area contributed by atoms with Crippen LogP contribution in [0, 0.1) is 11.6 Å². The molecule has 0 spiro atoms. The highest BCUT2D eigenvalue weighted by molar-refractivity contribution is 9.09. The van der Waals surface area contributed by atoms with Gasteiger partial charge in [0.1, 0.15) is 5.75 Å². The third-order valence-corrected chi connectivity index (χ3v) is 3.18. The second-order valence-electron chi connectivity index (χ2n) is 4.23. The van der Waals surface area contributed by atoms with Gasteiger partial charge in [-0.2, -0.15) is 4.39 Å². The Balaban J connectivity index is 2.27. The lowest BCUT2D eigenvalue weighted by Crippen LogP contribution is -1.99. The second-order valence-corrected chi connectivity index (χ2v) is 5.03. The molecule has 0 aliphatic rings. The zero-order chi connectivity index (χ0) is 15.2. The van der Waals surface area contributed by atoms with Gasteiger partial charge < -0.3 is 9.47 Å². The van der Waals surface area contributed by atoms with Gasteiger partial charge in [0, 0.05) is 10.9 Å². The van der Waals surface area contributed by atoms with Crippen LogP contribution >= 0.6 is 15.9 Å². The van der Waals surface area contributed by atoms with E-state index in [1.165, 1.54) is 12.1 Å². The fourth-order valence-electron chi connectivity index (χ4n) is 1.91. The van der Waals surface area contributed by atoms with E-state index in [9.17, 15) is 8.78 Å². The molecule has 0 bridgehead atoms. The molecule has 0 atom stereocenters. The van der Waals surface area contributed by atoms with E-state index >= 15 is 0 Å². The first-order chi connectivity index (χ1) is 10.2. The minimum Gasteiger partial charge on any atom is -0.493 e. The number of hydrogen-bond acceptors (Lipinski definition) is 2. The Morgan fingerprint density at radius 3 is 2.29 bits per heavy atom. The van der Waals surface area contributed by atoms with Crippen molar-refractivity contribution in [1.29, 1.82) is 0 Å². The lowest BCUT2D eigenvalue weighted by molar-refractivity contribution is 0.314. The van der Waals surface area contributed by atoms with E-state index < -0.39 is 11.6 Å². The molecule has 0 heterocycles. The Bertz CT molecular complexity index is 600. The molecular weight excluding hydrogens is 342 g/mol. The van der Waals surface area contributed by atoms with Crippen molar-refractivity contribution in [2.24, 2.45) is 0 Å². The third-order valence-electron chi connectivity index (χ3n) is 2.86. The van der Waals surface area contributed by atoms with Crippen molar-refractivity contribution in [1.82, 2.24) is 0 Å². The van der Waals surface area contributed by atoms with E-state index in [1.54, 1.807) is 31.2 Å². The molecule has 0 N–H and O–H groups in total. The van der Waals surface area contributed by atoms with Gasteiger partial charge in [-0.3, -0.25) is 0 Å². The van der Waals surface area contributed by atoms with Crippen molar-refractivity contribution >= 4 is 15.9 Å². The molecule has 2 aromatic rings. The summed E-state index contributed by atoms with van der Waals surface area (Å²) >= 11 is 3.27. The molecule has 0 fully saturated rings. The molecule has 21 heavy (non-hydrogen) atoms. The molecule has 0 unspecified atom stereocenters. The fraction of sp³-hybridized carbons (Fsp3) is 0.250. The zero-order valence-electron chi connectivity index (χ0n) is 11.5. The molecule has 0 saturated heterocycles. The predicted octanol–water partition coefficient (Wildman–Crippen LogP) is 4.80. The van der Waals surface area contributed by atoms with Crippen LogP contribution in [0.3, 0.4) is 0 Å². The highest BCUT2D eigenvalue weighted by Crippen LogP contribution is 2.30. The predicted molar refractivity (Wildman–Crippen MR) is 82.3 cm³/mol. The topological polar surface area (TPSA) is 18.5 Å². The Morgan fingerprint density at radius 1 is 0.952 bits per heavy atom. The normalized spacial score (nSPS) is 10.5. The highest BCUT2D eigenvalue weighted by atomic mass is 79.9. The third kappa shape index (κ3) is 3.73. The molecule has 0 aliphatic heterocycles. The minimum absolute atomic E-state index is 0.0731. The maximum absolute atomic E-state index is 14.1. The Hall–Kier alpha value is -1.62. The number of halogens is 3. The van der Waals surface area contributed by atoms with Crippen LogP contribution in [0.1, 0.15) is 6.92 Å². The van der Waals surface area contributed by atoms with E-state index in [4.69, 9.17) is 9.47 Å². The van der Waals surface area contributed by atoms with Crippen LogP contribution in [-0.2, 0) is 0 Å². The van der Waals surface area contributed by atoms with E-state index in [1.807, 2.05) is 0 Å². The van der Waals surface area contributed by atoms with E-state index in [0.29, 0.717) is 17.9 Å². The molecule has 0 amide bonds. The van der Waals surface area contributed by atoms with Crippen molar-refractivity contribution in [2.45, 2.75) is 6.92 Å². The molecule has 0 aromatic heterocycles. The van der Waals surface area contributed by atoms with Crippen LogP contribution in [0.15, 0.2) is 36.4 Å². The summed E-state index contributed by atoms with van der Waals surface area (Å²) in [7, 11) is 0. The fourth-order valence-corrected chi connectivity index (χ4v) is 2.07. The molecule has 2 aromatic carbocycles. The second kappa shape index (κ2) is 7.41. The van der Waals surface area contributed by atoms with Crippen molar-refractivity contribution in [3.05, 3.63) is 48.0 Å². The lowest BCUT2D eigenvalue weighted by atomic mass is 10.0. The largest absolute Gasteiger partial charge is 0.493 e. The Morgan fingerprint density at radius 2 is 1.67 bits per heavy atom. The van der Waals surface area contributed by atoms with Gasteiger partial charge in [-0.15, -0.1) is 0 Å². The van der Waals surface area contributed by atoms with Gasteiger partial charge in [-0.05, 0) is 36.8 Å². The molecule has 0 radical (unpaired) electrons. The van der Waals surface area contributed by atoms with Gasteiger partial charge in [0.05, 0.1) is 13.2 Å². The van der Waals surface area contributed by atoms with Crippen molar-refractivity contribution in [3.63, 3.8) is 0 Å². The number of ether oxygens (including phenoxy) is 2. The molecule has 2 rings (SSSR count). The summed E-state index contributed by atoms with van der Waals surface area (Å²) in [6.07, 6.45) is 0. The quantitative estimate of drug-likeness (QED) is 0.691. The molecule has 5 heteroatoms. The summed E-state index contributed by atoms with van der Waals surface area (Å²) in [6, 6.07) is 9.80. The van der Waals surface area contributed by atoms with Crippen LogP contribution in [0.2, 0.25) is 0 Å².